The highest BCUT2D eigenvalue weighted by molar-refractivity contribution is 9.10. The molecule has 1 atom stereocenters. The molecule has 0 fully saturated rings. The fourth-order valence-corrected chi connectivity index (χ4v) is 1.63. The number of ether oxygens (including phenoxy) is 1. The summed E-state index contributed by atoms with van der Waals surface area (Å²) in [7, 11) is 0. The third kappa shape index (κ3) is 1.03. The van der Waals surface area contributed by atoms with Crippen LogP contribution in [0.3, 0.4) is 0 Å². The Labute approximate surface area is 77.6 Å². The fourth-order valence-electron chi connectivity index (χ4n) is 1.28. The van der Waals surface area contributed by atoms with Crippen LogP contribution < -0.4 is 10.5 Å². The lowest BCUT2D eigenvalue weighted by atomic mass is 10.1. The van der Waals surface area contributed by atoms with Gasteiger partial charge in [-0.15, -0.1) is 0 Å². The Morgan fingerprint density at radius 1 is 1.58 bits per heavy atom. The zero-order chi connectivity index (χ0) is 8.72. The topological polar surface area (TPSA) is 35.2 Å². The van der Waals surface area contributed by atoms with E-state index in [9.17, 15) is 4.39 Å². The molecule has 0 radical (unpaired) electrons. The quantitative estimate of drug-likeness (QED) is 0.742. The minimum atomic E-state index is -0.336. The van der Waals surface area contributed by atoms with Crippen molar-refractivity contribution in [3.8, 4) is 5.75 Å². The second kappa shape index (κ2) is 2.71. The van der Waals surface area contributed by atoms with Gasteiger partial charge in [-0.2, -0.15) is 0 Å². The van der Waals surface area contributed by atoms with Gasteiger partial charge in [0.05, 0.1) is 16.1 Å². The monoisotopic (exact) mass is 231 g/mol. The predicted molar refractivity (Wildman–Crippen MR) is 46.5 cm³/mol. The molecule has 0 saturated heterocycles. The van der Waals surface area contributed by atoms with Gasteiger partial charge in [0, 0.05) is 0 Å². The molecule has 0 aromatic heterocycles. The molecule has 0 spiro atoms. The van der Waals surface area contributed by atoms with Crippen LogP contribution in [0.4, 0.5) is 4.39 Å². The lowest BCUT2D eigenvalue weighted by Gasteiger charge is -2.03. The summed E-state index contributed by atoms with van der Waals surface area (Å²) in [5, 5.41) is 0. The molecule has 64 valence electrons. The Kier molecular flexibility index (Phi) is 1.81. The van der Waals surface area contributed by atoms with Gasteiger partial charge in [0.1, 0.15) is 18.2 Å². The Morgan fingerprint density at radius 2 is 2.33 bits per heavy atom. The maximum Gasteiger partial charge on any atom is 0.145 e. The first-order valence-corrected chi connectivity index (χ1v) is 4.35. The minimum absolute atomic E-state index is 0.308. The number of rotatable bonds is 0. The molecule has 4 heteroatoms. The van der Waals surface area contributed by atoms with Crippen molar-refractivity contribution in [2.75, 3.05) is 6.61 Å². The fraction of sp³-hybridized carbons (Fsp3) is 0.250. The van der Waals surface area contributed by atoms with Crippen LogP contribution >= 0.6 is 15.9 Å². The van der Waals surface area contributed by atoms with Crippen LogP contribution in [0.5, 0.6) is 5.75 Å². The molecule has 12 heavy (non-hydrogen) atoms. The van der Waals surface area contributed by atoms with Crippen LogP contribution in [0.25, 0.3) is 0 Å². The summed E-state index contributed by atoms with van der Waals surface area (Å²) in [6.45, 7) is 0.364. The number of hydrogen-bond donors (Lipinski definition) is 1. The smallest absolute Gasteiger partial charge is 0.145 e. The highest BCUT2D eigenvalue weighted by Gasteiger charge is 2.25. The first-order valence-electron chi connectivity index (χ1n) is 3.56. The van der Waals surface area contributed by atoms with E-state index in [0.717, 1.165) is 0 Å². The second-order valence-corrected chi connectivity index (χ2v) is 3.55. The standard InChI is InChI=1S/C8H7BrFNO/c9-4-1-2-6-7(8(4)10)5(11)3-12-6/h1-2,5H,3,11H2/t5-/m1/s1. The second-order valence-electron chi connectivity index (χ2n) is 2.69. The largest absolute Gasteiger partial charge is 0.491 e. The van der Waals surface area contributed by atoms with Crippen molar-refractivity contribution in [2.24, 2.45) is 5.73 Å². The van der Waals surface area contributed by atoms with E-state index in [0.29, 0.717) is 22.4 Å². The number of fused-ring (bicyclic) bond motifs is 1. The molecular formula is C8H7BrFNO. The van der Waals surface area contributed by atoms with Gasteiger partial charge in [-0.05, 0) is 28.1 Å². The number of benzene rings is 1. The lowest BCUT2D eigenvalue weighted by molar-refractivity contribution is 0.333. The number of nitrogens with two attached hydrogens (primary N) is 1. The molecule has 2 rings (SSSR count). The van der Waals surface area contributed by atoms with Gasteiger partial charge in [0.15, 0.2) is 0 Å². The summed E-state index contributed by atoms with van der Waals surface area (Å²) in [6.07, 6.45) is 0. The molecule has 0 bridgehead atoms. The molecule has 0 unspecified atom stereocenters. The van der Waals surface area contributed by atoms with Gasteiger partial charge >= 0.3 is 0 Å². The van der Waals surface area contributed by atoms with Gasteiger partial charge < -0.3 is 10.5 Å². The molecule has 0 amide bonds. The van der Waals surface area contributed by atoms with Crippen molar-refractivity contribution < 1.29 is 9.13 Å². The molecule has 2 N–H and O–H groups in total. The molecule has 1 aromatic carbocycles. The molecule has 0 aliphatic carbocycles. The van der Waals surface area contributed by atoms with Crippen molar-refractivity contribution in [2.45, 2.75) is 6.04 Å². The summed E-state index contributed by atoms with van der Waals surface area (Å²) >= 11 is 3.09. The Balaban J connectivity index is 2.63. The molecule has 2 nitrogen and oxygen atoms in total. The third-order valence-electron chi connectivity index (χ3n) is 1.88. The average molecular weight is 232 g/mol. The zero-order valence-electron chi connectivity index (χ0n) is 6.18. The Hall–Kier alpha value is -0.610. The Bertz CT molecular complexity index is 329. The summed E-state index contributed by atoms with van der Waals surface area (Å²) in [6, 6.07) is 3.00. The van der Waals surface area contributed by atoms with Crippen LogP contribution in [-0.2, 0) is 0 Å². The van der Waals surface area contributed by atoms with Crippen LogP contribution in [-0.4, -0.2) is 6.61 Å². The maximum atomic E-state index is 13.3. The SMILES string of the molecule is N[C@@H]1COc2ccc(Br)c(F)c21. The molecule has 1 aliphatic rings. The van der Waals surface area contributed by atoms with Crippen molar-refractivity contribution in [3.63, 3.8) is 0 Å². The van der Waals surface area contributed by atoms with Crippen LogP contribution in [0, 0.1) is 5.82 Å². The third-order valence-corrected chi connectivity index (χ3v) is 2.49. The van der Waals surface area contributed by atoms with E-state index in [1.165, 1.54) is 0 Å². The first-order chi connectivity index (χ1) is 5.70. The van der Waals surface area contributed by atoms with E-state index in [1.807, 2.05) is 0 Å². The van der Waals surface area contributed by atoms with Gasteiger partial charge in [0.2, 0.25) is 0 Å². The van der Waals surface area contributed by atoms with E-state index < -0.39 is 0 Å². The molecule has 1 aliphatic heterocycles. The highest BCUT2D eigenvalue weighted by Crippen LogP contribution is 2.35. The van der Waals surface area contributed by atoms with Crippen LogP contribution in [0.1, 0.15) is 11.6 Å². The van der Waals surface area contributed by atoms with Gasteiger partial charge in [-0.25, -0.2) is 4.39 Å². The van der Waals surface area contributed by atoms with E-state index >= 15 is 0 Å². The van der Waals surface area contributed by atoms with Crippen molar-refractivity contribution in [1.82, 2.24) is 0 Å². The molecule has 1 heterocycles. The van der Waals surface area contributed by atoms with Gasteiger partial charge in [-0.3, -0.25) is 0 Å². The van der Waals surface area contributed by atoms with Gasteiger partial charge in [-0.1, -0.05) is 0 Å². The van der Waals surface area contributed by atoms with E-state index in [2.05, 4.69) is 15.9 Å². The molecule has 1 aromatic rings. The van der Waals surface area contributed by atoms with E-state index in [-0.39, 0.29) is 11.9 Å². The molecular weight excluding hydrogens is 225 g/mol. The summed E-state index contributed by atoms with van der Waals surface area (Å²) in [5.74, 6) is 0.251. The predicted octanol–water partition coefficient (Wildman–Crippen LogP) is 1.98. The Morgan fingerprint density at radius 3 is 3.08 bits per heavy atom. The number of hydrogen-bond acceptors (Lipinski definition) is 2. The lowest BCUT2D eigenvalue weighted by Crippen LogP contribution is -2.12. The zero-order valence-corrected chi connectivity index (χ0v) is 7.77. The van der Waals surface area contributed by atoms with E-state index in [4.69, 9.17) is 10.5 Å². The van der Waals surface area contributed by atoms with Crippen molar-refractivity contribution in [1.29, 1.82) is 0 Å². The maximum absolute atomic E-state index is 13.3. The highest BCUT2D eigenvalue weighted by atomic mass is 79.9. The summed E-state index contributed by atoms with van der Waals surface area (Å²) in [4.78, 5) is 0. The van der Waals surface area contributed by atoms with Crippen molar-refractivity contribution >= 4 is 15.9 Å². The number of halogens is 2. The minimum Gasteiger partial charge on any atom is -0.491 e. The van der Waals surface area contributed by atoms with E-state index in [1.54, 1.807) is 12.1 Å². The molecule has 0 saturated carbocycles. The van der Waals surface area contributed by atoms with Gasteiger partial charge in [0.25, 0.3) is 0 Å². The normalized spacial score (nSPS) is 20.4. The summed E-state index contributed by atoms with van der Waals surface area (Å²) < 4.78 is 18.9. The van der Waals surface area contributed by atoms with Crippen LogP contribution in [0.15, 0.2) is 16.6 Å². The first kappa shape index (κ1) is 8.01. The van der Waals surface area contributed by atoms with Crippen LogP contribution in [0.2, 0.25) is 0 Å². The van der Waals surface area contributed by atoms with Crippen molar-refractivity contribution in [3.05, 3.63) is 28.0 Å². The average Bonchev–Trinajstić information content (AvgIpc) is 2.41. The summed E-state index contributed by atoms with van der Waals surface area (Å²) in [5.41, 5.74) is 6.11.